The van der Waals surface area contributed by atoms with E-state index >= 15 is 0 Å². The Morgan fingerprint density at radius 3 is 2.58 bits per heavy atom. The first kappa shape index (κ1) is 15.5. The van der Waals surface area contributed by atoms with Crippen LogP contribution in [0.25, 0.3) is 0 Å². The summed E-state index contributed by atoms with van der Waals surface area (Å²) >= 11 is 0. The molecular formula is C13H20FNO4. The molecule has 1 unspecified atom stereocenters. The van der Waals surface area contributed by atoms with Crippen molar-refractivity contribution in [1.82, 2.24) is 4.90 Å². The normalized spacial score (nSPS) is 21.2. The van der Waals surface area contributed by atoms with Crippen LogP contribution in [0.2, 0.25) is 0 Å². The highest BCUT2D eigenvalue weighted by Gasteiger charge is 2.27. The quantitative estimate of drug-likeness (QED) is 0.785. The molecule has 1 amide bonds. The third kappa shape index (κ3) is 5.28. The molecule has 1 saturated heterocycles. The first-order valence-corrected chi connectivity index (χ1v) is 6.27. The SMILES string of the molecule is CC(C)(C)OC(=O)N1CCCC(/C=C(\F)C(=O)O)C1. The summed E-state index contributed by atoms with van der Waals surface area (Å²) in [5, 5.41) is 8.49. The molecule has 108 valence electrons. The van der Waals surface area contributed by atoms with Crippen LogP contribution in [0.15, 0.2) is 11.9 Å². The topological polar surface area (TPSA) is 66.8 Å². The minimum absolute atomic E-state index is 0.280. The van der Waals surface area contributed by atoms with Crippen LogP contribution in [-0.2, 0) is 9.53 Å². The van der Waals surface area contributed by atoms with Crippen molar-refractivity contribution in [3.8, 4) is 0 Å². The fraction of sp³-hybridized carbons (Fsp3) is 0.692. The molecular weight excluding hydrogens is 253 g/mol. The minimum atomic E-state index is -1.57. The number of carbonyl (C=O) groups is 2. The van der Waals surface area contributed by atoms with Crippen LogP contribution >= 0.6 is 0 Å². The minimum Gasteiger partial charge on any atom is -0.476 e. The first-order chi connectivity index (χ1) is 8.69. The van der Waals surface area contributed by atoms with Crippen LogP contribution < -0.4 is 0 Å². The van der Waals surface area contributed by atoms with Gasteiger partial charge in [-0.2, -0.15) is 4.39 Å². The van der Waals surface area contributed by atoms with E-state index in [1.54, 1.807) is 20.8 Å². The van der Waals surface area contributed by atoms with Crippen LogP contribution in [0.4, 0.5) is 9.18 Å². The van der Waals surface area contributed by atoms with Gasteiger partial charge in [-0.1, -0.05) is 0 Å². The van der Waals surface area contributed by atoms with E-state index in [0.29, 0.717) is 19.4 Å². The molecule has 1 rings (SSSR count). The number of amides is 1. The second-order valence-corrected chi connectivity index (χ2v) is 5.65. The number of hydrogen-bond donors (Lipinski definition) is 1. The number of carboxylic acids is 1. The summed E-state index contributed by atoms with van der Waals surface area (Å²) in [5.74, 6) is -3.03. The highest BCUT2D eigenvalue weighted by atomic mass is 19.1. The van der Waals surface area contributed by atoms with Gasteiger partial charge in [0.1, 0.15) is 5.60 Å². The number of rotatable bonds is 2. The average Bonchev–Trinajstić information content (AvgIpc) is 2.27. The molecule has 5 nitrogen and oxygen atoms in total. The van der Waals surface area contributed by atoms with Crippen LogP contribution in [0.5, 0.6) is 0 Å². The van der Waals surface area contributed by atoms with Gasteiger partial charge in [-0.3, -0.25) is 0 Å². The van der Waals surface area contributed by atoms with Crippen molar-refractivity contribution in [1.29, 1.82) is 0 Å². The molecule has 1 heterocycles. The summed E-state index contributed by atoms with van der Waals surface area (Å²) in [5.41, 5.74) is -0.577. The van der Waals surface area contributed by atoms with Gasteiger partial charge >= 0.3 is 12.1 Å². The van der Waals surface area contributed by atoms with Crippen molar-refractivity contribution in [3.63, 3.8) is 0 Å². The zero-order chi connectivity index (χ0) is 14.6. The summed E-state index contributed by atoms with van der Waals surface area (Å²) in [4.78, 5) is 23.8. The lowest BCUT2D eigenvalue weighted by atomic mass is 9.97. The largest absolute Gasteiger partial charge is 0.476 e. The number of likely N-dealkylation sites (tertiary alicyclic amines) is 1. The predicted octanol–water partition coefficient (Wildman–Crippen LogP) is 2.57. The van der Waals surface area contributed by atoms with Crippen molar-refractivity contribution >= 4 is 12.1 Å². The zero-order valence-corrected chi connectivity index (χ0v) is 11.5. The van der Waals surface area contributed by atoms with Gasteiger partial charge < -0.3 is 14.7 Å². The second-order valence-electron chi connectivity index (χ2n) is 5.65. The summed E-state index contributed by atoms with van der Waals surface area (Å²) in [6.07, 6.45) is 1.99. The summed E-state index contributed by atoms with van der Waals surface area (Å²) < 4.78 is 18.3. The Labute approximate surface area is 112 Å². The molecule has 0 saturated carbocycles. The molecule has 0 aromatic heterocycles. The fourth-order valence-electron chi connectivity index (χ4n) is 1.92. The Hall–Kier alpha value is -1.59. The number of hydrogen-bond acceptors (Lipinski definition) is 3. The molecule has 0 aromatic rings. The zero-order valence-electron chi connectivity index (χ0n) is 11.5. The van der Waals surface area contributed by atoms with Gasteiger partial charge in [-0.25, -0.2) is 9.59 Å². The number of nitrogens with zero attached hydrogens (tertiary/aromatic N) is 1. The molecule has 1 atom stereocenters. The number of aliphatic carboxylic acids is 1. The molecule has 1 aliphatic rings. The van der Waals surface area contributed by atoms with E-state index < -0.39 is 23.5 Å². The lowest BCUT2D eigenvalue weighted by Gasteiger charge is -2.33. The Kier molecular flexibility index (Phi) is 4.91. The molecule has 0 radical (unpaired) electrons. The third-order valence-electron chi connectivity index (χ3n) is 2.70. The predicted molar refractivity (Wildman–Crippen MR) is 67.4 cm³/mol. The Morgan fingerprint density at radius 2 is 2.05 bits per heavy atom. The van der Waals surface area contributed by atoms with Gasteiger partial charge in [-0.05, 0) is 45.6 Å². The van der Waals surface area contributed by atoms with E-state index in [1.165, 1.54) is 4.90 Å². The van der Waals surface area contributed by atoms with Gasteiger partial charge in [0.05, 0.1) is 0 Å². The van der Waals surface area contributed by atoms with Crippen molar-refractivity contribution in [2.45, 2.75) is 39.2 Å². The van der Waals surface area contributed by atoms with Crippen LogP contribution in [0, 0.1) is 5.92 Å². The smallest absolute Gasteiger partial charge is 0.410 e. The summed E-state index contributed by atoms with van der Waals surface area (Å²) in [7, 11) is 0. The second kappa shape index (κ2) is 6.04. The molecule has 1 N–H and O–H groups in total. The number of carbonyl (C=O) groups excluding carboxylic acids is 1. The van der Waals surface area contributed by atoms with Gasteiger partial charge in [0.25, 0.3) is 0 Å². The van der Waals surface area contributed by atoms with Crippen LogP contribution in [0.3, 0.4) is 0 Å². The molecule has 0 aromatic carbocycles. The van der Waals surface area contributed by atoms with Crippen molar-refractivity contribution < 1.29 is 23.8 Å². The molecule has 0 spiro atoms. The van der Waals surface area contributed by atoms with Gasteiger partial charge in [0.2, 0.25) is 5.83 Å². The van der Waals surface area contributed by atoms with E-state index in [4.69, 9.17) is 9.84 Å². The van der Waals surface area contributed by atoms with Crippen LogP contribution in [0.1, 0.15) is 33.6 Å². The van der Waals surface area contributed by atoms with Gasteiger partial charge in [0.15, 0.2) is 0 Å². The van der Waals surface area contributed by atoms with Crippen LogP contribution in [-0.4, -0.2) is 40.8 Å². The number of piperidine rings is 1. The molecule has 1 aliphatic heterocycles. The highest BCUT2D eigenvalue weighted by molar-refractivity contribution is 5.83. The summed E-state index contributed by atoms with van der Waals surface area (Å²) in [6, 6.07) is 0. The fourth-order valence-corrected chi connectivity index (χ4v) is 1.92. The van der Waals surface area contributed by atoms with E-state index in [0.717, 1.165) is 6.08 Å². The highest BCUT2D eigenvalue weighted by Crippen LogP contribution is 2.21. The number of ether oxygens (including phenoxy) is 1. The molecule has 1 fully saturated rings. The monoisotopic (exact) mass is 273 g/mol. The first-order valence-electron chi connectivity index (χ1n) is 6.27. The van der Waals surface area contributed by atoms with Gasteiger partial charge in [0, 0.05) is 13.1 Å². The van der Waals surface area contributed by atoms with Crippen molar-refractivity contribution in [2.24, 2.45) is 5.92 Å². The number of halogens is 1. The Balaban J connectivity index is 2.62. The van der Waals surface area contributed by atoms with Gasteiger partial charge in [-0.15, -0.1) is 0 Å². The molecule has 6 heteroatoms. The average molecular weight is 273 g/mol. The lowest BCUT2D eigenvalue weighted by Crippen LogP contribution is -2.42. The Bertz CT molecular complexity index is 387. The van der Waals surface area contributed by atoms with E-state index in [-0.39, 0.29) is 12.5 Å². The van der Waals surface area contributed by atoms with E-state index in [9.17, 15) is 14.0 Å². The van der Waals surface area contributed by atoms with Crippen molar-refractivity contribution in [3.05, 3.63) is 11.9 Å². The van der Waals surface area contributed by atoms with Crippen molar-refractivity contribution in [2.75, 3.05) is 13.1 Å². The maximum absolute atomic E-state index is 13.0. The number of carboxylic acid groups (broad SMARTS) is 1. The molecule has 0 aliphatic carbocycles. The standard InChI is InChI=1S/C13H20FNO4/c1-13(2,3)19-12(18)15-6-4-5-9(8-15)7-10(14)11(16)17/h7,9H,4-6,8H2,1-3H3,(H,16,17)/b10-7-. The molecule has 0 bridgehead atoms. The summed E-state index contributed by atoms with van der Waals surface area (Å²) in [6.45, 7) is 6.16. The third-order valence-corrected chi connectivity index (χ3v) is 2.70. The van der Waals surface area contributed by atoms with E-state index in [1.807, 2.05) is 0 Å². The van der Waals surface area contributed by atoms with E-state index in [2.05, 4.69) is 0 Å². The maximum Gasteiger partial charge on any atom is 0.410 e. The maximum atomic E-state index is 13.0. The Morgan fingerprint density at radius 1 is 1.42 bits per heavy atom. The lowest BCUT2D eigenvalue weighted by molar-refractivity contribution is -0.134. The molecule has 19 heavy (non-hydrogen) atoms.